The van der Waals surface area contributed by atoms with Gasteiger partial charge < -0.3 is 15.2 Å². The zero-order chi connectivity index (χ0) is 8.97. The van der Waals surface area contributed by atoms with Crippen molar-refractivity contribution in [2.24, 2.45) is 0 Å². The Morgan fingerprint density at radius 2 is 2.33 bits per heavy atom. The monoisotopic (exact) mass is 173 g/mol. The van der Waals surface area contributed by atoms with Gasteiger partial charge in [-0.2, -0.15) is 0 Å². The van der Waals surface area contributed by atoms with Crippen LogP contribution in [-0.2, 0) is 4.74 Å². The van der Waals surface area contributed by atoms with Crippen molar-refractivity contribution in [2.45, 2.75) is 44.9 Å². The number of hydrogen-bond acceptors (Lipinski definition) is 3. The quantitative estimate of drug-likeness (QED) is 0.651. The summed E-state index contributed by atoms with van der Waals surface area (Å²) in [6.45, 7) is 5.44. The van der Waals surface area contributed by atoms with E-state index in [0.29, 0.717) is 18.7 Å². The Bertz CT molecular complexity index is 122. The van der Waals surface area contributed by atoms with Crippen LogP contribution < -0.4 is 5.32 Å². The first-order valence-corrected chi connectivity index (χ1v) is 4.73. The average Bonchev–Trinajstić information content (AvgIpc) is 2.51. The van der Waals surface area contributed by atoms with E-state index in [1.165, 1.54) is 6.42 Å². The number of aliphatic hydroxyl groups is 1. The average molecular weight is 173 g/mol. The van der Waals surface area contributed by atoms with Crippen molar-refractivity contribution in [2.75, 3.05) is 13.2 Å². The molecule has 0 bridgehead atoms. The summed E-state index contributed by atoms with van der Waals surface area (Å²) >= 11 is 0. The highest BCUT2D eigenvalue weighted by Gasteiger charge is 2.21. The van der Waals surface area contributed by atoms with E-state index in [2.05, 4.69) is 12.2 Å². The maximum Gasteiger partial charge on any atom is 0.0726 e. The molecule has 0 aliphatic carbocycles. The van der Waals surface area contributed by atoms with Gasteiger partial charge >= 0.3 is 0 Å². The summed E-state index contributed by atoms with van der Waals surface area (Å²) in [6, 6.07) is 0.363. The summed E-state index contributed by atoms with van der Waals surface area (Å²) < 4.78 is 5.50. The second-order valence-electron chi connectivity index (χ2n) is 3.60. The van der Waals surface area contributed by atoms with Crippen molar-refractivity contribution in [3.05, 3.63) is 0 Å². The molecule has 3 atom stereocenters. The smallest absolute Gasteiger partial charge is 0.0726 e. The Kier molecular flexibility index (Phi) is 3.98. The van der Waals surface area contributed by atoms with Gasteiger partial charge in [0.2, 0.25) is 0 Å². The fraction of sp³-hybridized carbons (Fsp3) is 1.00. The van der Waals surface area contributed by atoms with Crippen LogP contribution in [0.2, 0.25) is 0 Å². The van der Waals surface area contributed by atoms with Crippen LogP contribution in [0.1, 0.15) is 26.7 Å². The van der Waals surface area contributed by atoms with Crippen molar-refractivity contribution in [3.63, 3.8) is 0 Å². The van der Waals surface area contributed by atoms with Gasteiger partial charge in [-0.1, -0.05) is 0 Å². The first-order valence-electron chi connectivity index (χ1n) is 4.73. The normalized spacial score (nSPS) is 28.8. The number of hydrogen-bond donors (Lipinski definition) is 2. The zero-order valence-corrected chi connectivity index (χ0v) is 7.92. The van der Waals surface area contributed by atoms with Crippen LogP contribution in [0.25, 0.3) is 0 Å². The van der Waals surface area contributed by atoms with Gasteiger partial charge in [0.25, 0.3) is 0 Å². The van der Waals surface area contributed by atoms with Crippen molar-refractivity contribution in [1.82, 2.24) is 5.32 Å². The third-order valence-corrected chi connectivity index (χ3v) is 2.26. The van der Waals surface area contributed by atoms with E-state index in [1.807, 2.05) is 0 Å². The first-order chi connectivity index (χ1) is 5.70. The number of nitrogens with one attached hydrogen (secondary N) is 1. The molecule has 12 heavy (non-hydrogen) atoms. The molecule has 0 aromatic carbocycles. The van der Waals surface area contributed by atoms with Gasteiger partial charge in [-0.05, 0) is 26.7 Å². The highest BCUT2D eigenvalue weighted by molar-refractivity contribution is 4.76. The van der Waals surface area contributed by atoms with Gasteiger partial charge in [-0.3, -0.25) is 0 Å². The molecule has 0 spiro atoms. The molecule has 3 heteroatoms. The summed E-state index contributed by atoms with van der Waals surface area (Å²) in [5.74, 6) is 0. The van der Waals surface area contributed by atoms with Gasteiger partial charge in [0.15, 0.2) is 0 Å². The minimum absolute atomic E-state index is 0.270. The fourth-order valence-electron chi connectivity index (χ4n) is 1.48. The molecule has 0 aromatic rings. The molecule has 1 fully saturated rings. The Morgan fingerprint density at radius 1 is 1.58 bits per heavy atom. The van der Waals surface area contributed by atoms with Crippen LogP contribution in [-0.4, -0.2) is 36.5 Å². The maximum absolute atomic E-state index is 9.04. The van der Waals surface area contributed by atoms with Crippen LogP contribution in [0.3, 0.4) is 0 Å². The lowest BCUT2D eigenvalue weighted by Gasteiger charge is -2.20. The third-order valence-electron chi connectivity index (χ3n) is 2.26. The van der Waals surface area contributed by atoms with Crippen LogP contribution in [0.15, 0.2) is 0 Å². The molecule has 0 radical (unpaired) electrons. The predicted molar refractivity (Wildman–Crippen MR) is 48.1 cm³/mol. The molecule has 1 saturated heterocycles. The molecule has 2 N–H and O–H groups in total. The van der Waals surface area contributed by atoms with Crippen molar-refractivity contribution in [1.29, 1.82) is 0 Å². The Morgan fingerprint density at radius 3 is 2.83 bits per heavy atom. The molecule has 3 unspecified atom stereocenters. The van der Waals surface area contributed by atoms with Gasteiger partial charge in [0.1, 0.15) is 0 Å². The summed E-state index contributed by atoms with van der Waals surface area (Å²) in [5, 5.41) is 12.3. The topological polar surface area (TPSA) is 41.5 Å². The Balaban J connectivity index is 2.13. The fourth-order valence-corrected chi connectivity index (χ4v) is 1.48. The lowest BCUT2D eigenvalue weighted by Crippen LogP contribution is -2.40. The van der Waals surface area contributed by atoms with Crippen molar-refractivity contribution < 1.29 is 9.84 Å². The van der Waals surface area contributed by atoms with Gasteiger partial charge in [0, 0.05) is 19.2 Å². The predicted octanol–water partition coefficient (Wildman–Crippen LogP) is 0.524. The molecule has 1 aliphatic heterocycles. The van der Waals surface area contributed by atoms with Gasteiger partial charge in [0.05, 0.1) is 12.2 Å². The molecule has 0 aromatic heterocycles. The van der Waals surface area contributed by atoms with Crippen LogP contribution in [0, 0.1) is 0 Å². The highest BCUT2D eigenvalue weighted by atomic mass is 16.5. The van der Waals surface area contributed by atoms with Crippen LogP contribution in [0.5, 0.6) is 0 Å². The van der Waals surface area contributed by atoms with E-state index in [0.717, 1.165) is 13.0 Å². The van der Waals surface area contributed by atoms with E-state index < -0.39 is 0 Å². The number of aliphatic hydroxyl groups excluding tert-OH is 1. The Labute approximate surface area is 74.1 Å². The SMILES string of the molecule is CC(O)CNC(C)C1CCCO1. The lowest BCUT2D eigenvalue weighted by atomic mass is 10.1. The largest absolute Gasteiger partial charge is 0.392 e. The summed E-state index contributed by atoms with van der Waals surface area (Å²) in [5.41, 5.74) is 0. The van der Waals surface area contributed by atoms with Crippen LogP contribution in [0.4, 0.5) is 0 Å². The molecular formula is C9H19NO2. The Hall–Kier alpha value is -0.120. The molecule has 1 heterocycles. The van der Waals surface area contributed by atoms with Crippen molar-refractivity contribution in [3.8, 4) is 0 Å². The van der Waals surface area contributed by atoms with E-state index in [9.17, 15) is 0 Å². The zero-order valence-electron chi connectivity index (χ0n) is 7.92. The highest BCUT2D eigenvalue weighted by Crippen LogP contribution is 2.15. The van der Waals surface area contributed by atoms with Gasteiger partial charge in [-0.25, -0.2) is 0 Å². The summed E-state index contributed by atoms with van der Waals surface area (Å²) in [6.07, 6.45) is 2.40. The van der Waals surface area contributed by atoms with Crippen LogP contribution >= 0.6 is 0 Å². The molecule has 0 saturated carbocycles. The minimum atomic E-state index is -0.270. The third kappa shape index (κ3) is 3.09. The van der Waals surface area contributed by atoms with E-state index in [-0.39, 0.29) is 6.10 Å². The van der Waals surface area contributed by atoms with Crippen molar-refractivity contribution >= 4 is 0 Å². The molecule has 1 aliphatic rings. The number of ether oxygens (including phenoxy) is 1. The summed E-state index contributed by atoms with van der Waals surface area (Å²) in [7, 11) is 0. The summed E-state index contributed by atoms with van der Waals surface area (Å²) in [4.78, 5) is 0. The van der Waals surface area contributed by atoms with E-state index >= 15 is 0 Å². The first kappa shape index (κ1) is 9.96. The van der Waals surface area contributed by atoms with Gasteiger partial charge in [-0.15, -0.1) is 0 Å². The minimum Gasteiger partial charge on any atom is -0.392 e. The second-order valence-corrected chi connectivity index (χ2v) is 3.60. The van der Waals surface area contributed by atoms with E-state index in [4.69, 9.17) is 9.84 Å². The number of rotatable bonds is 4. The molecular weight excluding hydrogens is 154 g/mol. The molecule has 0 amide bonds. The standard InChI is InChI=1S/C9H19NO2/c1-7(11)6-10-8(2)9-4-3-5-12-9/h7-11H,3-6H2,1-2H3. The van der Waals surface area contributed by atoms with E-state index in [1.54, 1.807) is 6.92 Å². The lowest BCUT2D eigenvalue weighted by molar-refractivity contribution is 0.0780. The molecule has 3 nitrogen and oxygen atoms in total. The second kappa shape index (κ2) is 4.80. The molecule has 1 rings (SSSR count). The molecule has 72 valence electrons. The maximum atomic E-state index is 9.04.